The van der Waals surface area contributed by atoms with Crippen LogP contribution in [0.4, 0.5) is 5.82 Å². The third-order valence-electron chi connectivity index (χ3n) is 6.28. The lowest BCUT2D eigenvalue weighted by molar-refractivity contribution is 0.586. The summed E-state index contributed by atoms with van der Waals surface area (Å²) < 4.78 is 0. The van der Waals surface area contributed by atoms with Crippen LogP contribution in [0.5, 0.6) is 0 Å². The van der Waals surface area contributed by atoms with E-state index < -0.39 is 0 Å². The van der Waals surface area contributed by atoms with Crippen molar-refractivity contribution in [1.29, 1.82) is 0 Å². The molecule has 1 saturated heterocycles. The molecular weight excluding hydrogens is 420 g/mol. The van der Waals surface area contributed by atoms with E-state index in [0.717, 1.165) is 59.6 Å². The van der Waals surface area contributed by atoms with Gasteiger partial charge in [0.05, 0.1) is 11.7 Å². The summed E-state index contributed by atoms with van der Waals surface area (Å²) in [5.74, 6) is 2.26. The number of anilines is 1. The van der Waals surface area contributed by atoms with Crippen molar-refractivity contribution in [3.63, 3.8) is 0 Å². The van der Waals surface area contributed by atoms with Crippen LogP contribution in [0.3, 0.4) is 0 Å². The van der Waals surface area contributed by atoms with Crippen LogP contribution in [0.25, 0.3) is 33.4 Å². The number of aromatic nitrogens is 4. The molecular formula is C25H23ClN6. The number of hydrogen-bond acceptors (Lipinski definition) is 6. The second kappa shape index (κ2) is 8.11. The highest BCUT2D eigenvalue weighted by molar-refractivity contribution is 6.33. The molecule has 1 aliphatic carbocycles. The molecule has 0 bridgehead atoms. The van der Waals surface area contributed by atoms with Crippen molar-refractivity contribution in [3.8, 4) is 22.5 Å². The fourth-order valence-electron chi connectivity index (χ4n) is 4.50. The Hall–Kier alpha value is -3.09. The van der Waals surface area contributed by atoms with Crippen LogP contribution in [0.1, 0.15) is 24.3 Å². The van der Waals surface area contributed by atoms with E-state index in [4.69, 9.17) is 21.6 Å². The number of fused-ring (bicyclic) bond motifs is 1. The van der Waals surface area contributed by atoms with E-state index in [1.165, 1.54) is 18.4 Å². The average molecular weight is 443 g/mol. The summed E-state index contributed by atoms with van der Waals surface area (Å²) in [4.78, 5) is 21.5. The molecule has 0 spiro atoms. The minimum atomic E-state index is 0.571. The van der Waals surface area contributed by atoms with Crippen LogP contribution in [-0.2, 0) is 0 Å². The number of benzene rings is 1. The predicted octanol–water partition coefficient (Wildman–Crippen LogP) is 4.69. The van der Waals surface area contributed by atoms with Gasteiger partial charge in [0.15, 0.2) is 5.82 Å². The fraction of sp³-hybridized carbons (Fsp3) is 0.280. The van der Waals surface area contributed by atoms with Crippen LogP contribution < -0.4 is 10.2 Å². The summed E-state index contributed by atoms with van der Waals surface area (Å²) in [5, 5.41) is 5.28. The summed E-state index contributed by atoms with van der Waals surface area (Å²) >= 11 is 6.54. The van der Waals surface area contributed by atoms with Crippen molar-refractivity contribution in [2.75, 3.05) is 31.1 Å². The highest BCUT2D eigenvalue weighted by atomic mass is 35.5. The molecule has 1 saturated carbocycles. The first-order valence-electron chi connectivity index (χ1n) is 11.1. The molecule has 2 fully saturated rings. The first-order chi connectivity index (χ1) is 15.8. The van der Waals surface area contributed by atoms with Gasteiger partial charge < -0.3 is 10.2 Å². The molecule has 6 nitrogen and oxygen atoms in total. The molecule has 0 radical (unpaired) electrons. The molecule has 0 amide bonds. The van der Waals surface area contributed by atoms with E-state index in [1.807, 2.05) is 48.9 Å². The lowest BCUT2D eigenvalue weighted by Crippen LogP contribution is -2.44. The highest BCUT2D eigenvalue weighted by Crippen LogP contribution is 2.45. The van der Waals surface area contributed by atoms with E-state index in [9.17, 15) is 0 Å². The van der Waals surface area contributed by atoms with E-state index in [2.05, 4.69) is 20.2 Å². The molecule has 7 heteroatoms. The van der Waals surface area contributed by atoms with Crippen molar-refractivity contribution in [1.82, 2.24) is 25.3 Å². The van der Waals surface area contributed by atoms with Gasteiger partial charge in [0.25, 0.3) is 0 Å². The van der Waals surface area contributed by atoms with Crippen LogP contribution >= 0.6 is 11.6 Å². The summed E-state index contributed by atoms with van der Waals surface area (Å²) in [6.07, 6.45) is 9.93. The number of rotatable bonds is 4. The first kappa shape index (κ1) is 19.6. The first-order valence-corrected chi connectivity index (χ1v) is 11.5. The van der Waals surface area contributed by atoms with Gasteiger partial charge in [-0.15, -0.1) is 0 Å². The van der Waals surface area contributed by atoms with Gasteiger partial charge in [0.1, 0.15) is 5.82 Å². The quantitative estimate of drug-likeness (QED) is 0.494. The molecule has 3 aromatic heterocycles. The number of nitrogens with zero attached hydrogens (tertiary/aromatic N) is 5. The maximum absolute atomic E-state index is 6.54. The molecule has 1 N–H and O–H groups in total. The summed E-state index contributed by atoms with van der Waals surface area (Å²) in [7, 11) is 0. The molecule has 1 aliphatic heterocycles. The Balaban J connectivity index is 1.58. The Bertz CT molecular complexity index is 1300. The summed E-state index contributed by atoms with van der Waals surface area (Å²) in [6.45, 7) is 3.74. The van der Waals surface area contributed by atoms with Crippen molar-refractivity contribution in [2.24, 2.45) is 0 Å². The van der Waals surface area contributed by atoms with Crippen LogP contribution in [0.2, 0.25) is 5.02 Å². The van der Waals surface area contributed by atoms with Crippen LogP contribution in [0.15, 0.2) is 55.1 Å². The zero-order chi connectivity index (χ0) is 21.5. The van der Waals surface area contributed by atoms with Crippen molar-refractivity contribution >= 4 is 28.3 Å². The maximum atomic E-state index is 6.54. The minimum Gasteiger partial charge on any atom is -0.353 e. The summed E-state index contributed by atoms with van der Waals surface area (Å²) in [5.41, 5.74) is 4.95. The third kappa shape index (κ3) is 3.49. The standard InChI is InChI=1S/C25H23ClN6/c26-21-4-2-1-3-17(21)20-14-28-8-7-18(20)24-30-22-15-29-13-19(16-5-6-16)23(22)25(31-24)32-11-9-27-10-12-32/h1-4,7-8,13-16,27H,5-6,9-12H2. The van der Waals surface area contributed by atoms with Crippen molar-refractivity contribution in [2.45, 2.75) is 18.8 Å². The monoisotopic (exact) mass is 442 g/mol. The summed E-state index contributed by atoms with van der Waals surface area (Å²) in [6, 6.07) is 9.79. The number of hydrogen-bond donors (Lipinski definition) is 1. The van der Waals surface area contributed by atoms with Gasteiger partial charge in [-0.3, -0.25) is 9.97 Å². The number of pyridine rings is 2. The fourth-order valence-corrected chi connectivity index (χ4v) is 4.74. The Morgan fingerprint density at radius 2 is 1.72 bits per heavy atom. The number of halogens is 1. The normalized spacial score (nSPS) is 16.5. The molecule has 160 valence electrons. The SMILES string of the molecule is Clc1ccccc1-c1cnccc1-c1nc(N2CCNCC2)c2c(C3CC3)cncc2n1. The van der Waals surface area contributed by atoms with Gasteiger partial charge >= 0.3 is 0 Å². The molecule has 1 aromatic carbocycles. The topological polar surface area (TPSA) is 66.8 Å². The molecule has 32 heavy (non-hydrogen) atoms. The number of nitrogens with one attached hydrogen (secondary N) is 1. The van der Waals surface area contributed by atoms with Crippen molar-refractivity contribution < 1.29 is 0 Å². The zero-order valence-electron chi connectivity index (χ0n) is 17.6. The Labute approximate surface area is 191 Å². The maximum Gasteiger partial charge on any atom is 0.162 e. The van der Waals surface area contributed by atoms with E-state index in [0.29, 0.717) is 16.8 Å². The lowest BCUT2D eigenvalue weighted by atomic mass is 10.0. The predicted molar refractivity (Wildman–Crippen MR) is 128 cm³/mol. The molecule has 4 aromatic rings. The zero-order valence-corrected chi connectivity index (χ0v) is 18.4. The van der Waals surface area contributed by atoms with Crippen molar-refractivity contribution in [3.05, 3.63) is 65.7 Å². The van der Waals surface area contributed by atoms with Gasteiger partial charge in [0.2, 0.25) is 0 Å². The second-order valence-corrected chi connectivity index (χ2v) is 8.81. The Morgan fingerprint density at radius 1 is 0.875 bits per heavy atom. The second-order valence-electron chi connectivity index (χ2n) is 8.41. The Morgan fingerprint density at radius 3 is 2.53 bits per heavy atom. The van der Waals surface area contributed by atoms with Gasteiger partial charge in [-0.2, -0.15) is 0 Å². The van der Waals surface area contributed by atoms with E-state index in [1.54, 1.807) is 6.20 Å². The average Bonchev–Trinajstić information content (AvgIpc) is 3.69. The van der Waals surface area contributed by atoms with Gasteiger partial charge in [0, 0.05) is 71.9 Å². The molecule has 0 atom stereocenters. The molecule has 6 rings (SSSR count). The van der Waals surface area contributed by atoms with Crippen LogP contribution in [-0.4, -0.2) is 46.1 Å². The largest absolute Gasteiger partial charge is 0.353 e. The molecule has 4 heterocycles. The van der Waals surface area contributed by atoms with Gasteiger partial charge in [-0.05, 0) is 36.5 Å². The van der Waals surface area contributed by atoms with E-state index >= 15 is 0 Å². The van der Waals surface area contributed by atoms with Gasteiger partial charge in [-0.1, -0.05) is 29.8 Å². The molecule has 2 aliphatic rings. The van der Waals surface area contributed by atoms with Crippen LogP contribution in [0, 0.1) is 0 Å². The minimum absolute atomic E-state index is 0.571. The smallest absolute Gasteiger partial charge is 0.162 e. The molecule has 0 unspecified atom stereocenters. The Kier molecular flexibility index (Phi) is 4.97. The number of piperazine rings is 1. The highest BCUT2D eigenvalue weighted by Gasteiger charge is 2.29. The van der Waals surface area contributed by atoms with E-state index in [-0.39, 0.29) is 0 Å². The lowest BCUT2D eigenvalue weighted by Gasteiger charge is -2.30. The third-order valence-corrected chi connectivity index (χ3v) is 6.61. The van der Waals surface area contributed by atoms with Gasteiger partial charge in [-0.25, -0.2) is 9.97 Å².